The van der Waals surface area contributed by atoms with Gasteiger partial charge in [-0.3, -0.25) is 0 Å². The molecule has 3 nitrogen and oxygen atoms in total. The fourth-order valence-corrected chi connectivity index (χ4v) is 2.38. The molecule has 1 aromatic carbocycles. The molecule has 0 aliphatic heterocycles. The molecule has 2 rings (SSSR count). The minimum atomic E-state index is 0.490. The van der Waals surface area contributed by atoms with Crippen LogP contribution in [0.5, 0.6) is 0 Å². The molecule has 0 atom stereocenters. The number of aromatic nitrogens is 2. The molecule has 0 bridgehead atoms. The van der Waals surface area contributed by atoms with E-state index >= 15 is 0 Å². The molecule has 2 aromatic rings. The Morgan fingerprint density at radius 1 is 1.21 bits per heavy atom. The molecule has 0 spiro atoms. The summed E-state index contributed by atoms with van der Waals surface area (Å²) in [7, 11) is 0. The highest BCUT2D eigenvalue weighted by Crippen LogP contribution is 2.31. The van der Waals surface area contributed by atoms with Gasteiger partial charge in [0.15, 0.2) is 0 Å². The third kappa shape index (κ3) is 3.17. The Balaban J connectivity index is 2.41. The van der Waals surface area contributed by atoms with Gasteiger partial charge < -0.3 is 5.32 Å². The summed E-state index contributed by atoms with van der Waals surface area (Å²) in [5.41, 5.74) is 2.84. The van der Waals surface area contributed by atoms with Crippen LogP contribution in [0.25, 0.3) is 0 Å². The second kappa shape index (κ2) is 6.22. The van der Waals surface area contributed by atoms with E-state index in [0.29, 0.717) is 10.2 Å². The lowest BCUT2D eigenvalue weighted by atomic mass is 10.1. The average molecular weight is 296 g/mol. The van der Waals surface area contributed by atoms with E-state index in [1.165, 1.54) is 6.33 Å². The van der Waals surface area contributed by atoms with Gasteiger partial charge in [-0.25, -0.2) is 9.97 Å². The van der Waals surface area contributed by atoms with Crippen molar-refractivity contribution in [1.82, 2.24) is 9.97 Å². The fourth-order valence-electron chi connectivity index (χ4n) is 1.88. The zero-order valence-corrected chi connectivity index (χ0v) is 12.4. The van der Waals surface area contributed by atoms with Crippen LogP contribution in [0.3, 0.4) is 0 Å². The number of para-hydroxylation sites is 1. The first-order valence-corrected chi connectivity index (χ1v) is 6.90. The number of anilines is 2. The van der Waals surface area contributed by atoms with Crippen LogP contribution in [0.2, 0.25) is 10.2 Å². The third-order valence-electron chi connectivity index (χ3n) is 2.86. The fraction of sp³-hybridized carbons (Fsp3) is 0.286. The van der Waals surface area contributed by atoms with Crippen molar-refractivity contribution in [3.63, 3.8) is 0 Å². The van der Waals surface area contributed by atoms with Crippen molar-refractivity contribution in [2.24, 2.45) is 0 Å². The van der Waals surface area contributed by atoms with Crippen LogP contribution in [-0.4, -0.2) is 9.97 Å². The van der Waals surface area contributed by atoms with Crippen LogP contribution in [0.4, 0.5) is 11.5 Å². The number of nitrogens with one attached hydrogen (secondary N) is 1. The maximum absolute atomic E-state index is 6.21. The summed E-state index contributed by atoms with van der Waals surface area (Å²) in [4.78, 5) is 8.30. The van der Waals surface area contributed by atoms with E-state index in [2.05, 4.69) is 22.2 Å². The molecular formula is C14H15Cl2N3. The molecule has 5 heteroatoms. The van der Waals surface area contributed by atoms with Gasteiger partial charge in [0.2, 0.25) is 0 Å². The van der Waals surface area contributed by atoms with Gasteiger partial charge in [0, 0.05) is 5.56 Å². The van der Waals surface area contributed by atoms with E-state index in [4.69, 9.17) is 23.2 Å². The summed E-state index contributed by atoms with van der Waals surface area (Å²) in [5.74, 6) is 0.720. The Hall–Kier alpha value is -1.32. The lowest BCUT2D eigenvalue weighted by Crippen LogP contribution is -2.03. The first-order chi connectivity index (χ1) is 9.13. The predicted octanol–water partition coefficient (Wildman–Crippen LogP) is 4.79. The van der Waals surface area contributed by atoms with E-state index in [0.717, 1.165) is 35.5 Å². The summed E-state index contributed by atoms with van der Waals surface area (Å²) in [6.45, 7) is 4.09. The molecule has 1 aromatic heterocycles. The largest absolute Gasteiger partial charge is 0.338 e. The van der Waals surface area contributed by atoms with Crippen molar-refractivity contribution in [1.29, 1.82) is 0 Å². The smallest absolute Gasteiger partial charge is 0.138 e. The minimum absolute atomic E-state index is 0.490. The second-order valence-electron chi connectivity index (χ2n) is 4.30. The summed E-state index contributed by atoms with van der Waals surface area (Å²) in [6, 6.07) is 5.76. The highest BCUT2D eigenvalue weighted by Gasteiger charge is 2.11. The molecule has 0 fully saturated rings. The van der Waals surface area contributed by atoms with Crippen molar-refractivity contribution in [3.05, 3.63) is 45.8 Å². The molecule has 0 aliphatic carbocycles. The van der Waals surface area contributed by atoms with Gasteiger partial charge in [0.1, 0.15) is 17.3 Å². The van der Waals surface area contributed by atoms with Crippen molar-refractivity contribution < 1.29 is 0 Å². The molecular weight excluding hydrogens is 281 g/mol. The van der Waals surface area contributed by atoms with E-state index < -0.39 is 0 Å². The number of hydrogen-bond acceptors (Lipinski definition) is 3. The van der Waals surface area contributed by atoms with Gasteiger partial charge in [-0.2, -0.15) is 0 Å². The second-order valence-corrected chi connectivity index (χ2v) is 5.06. The molecule has 0 aliphatic rings. The van der Waals surface area contributed by atoms with Gasteiger partial charge in [0.25, 0.3) is 0 Å². The highest BCUT2D eigenvalue weighted by molar-refractivity contribution is 6.33. The lowest BCUT2D eigenvalue weighted by Gasteiger charge is -2.14. The first-order valence-electron chi connectivity index (χ1n) is 6.15. The maximum atomic E-state index is 6.21. The Kier molecular flexibility index (Phi) is 4.61. The molecule has 0 radical (unpaired) electrons. The van der Waals surface area contributed by atoms with Crippen LogP contribution in [0, 0.1) is 6.92 Å². The first kappa shape index (κ1) is 14.1. The molecule has 1 N–H and O–H groups in total. The highest BCUT2D eigenvalue weighted by atomic mass is 35.5. The summed E-state index contributed by atoms with van der Waals surface area (Å²) in [5, 5.41) is 4.42. The summed E-state index contributed by atoms with van der Waals surface area (Å²) >= 11 is 12.3. The van der Waals surface area contributed by atoms with E-state index in [-0.39, 0.29) is 0 Å². The molecule has 0 unspecified atom stereocenters. The zero-order valence-electron chi connectivity index (χ0n) is 10.9. The Labute approximate surface area is 123 Å². The number of hydrogen-bond donors (Lipinski definition) is 1. The summed E-state index contributed by atoms with van der Waals surface area (Å²) in [6.07, 6.45) is 3.25. The van der Waals surface area contributed by atoms with Crippen LogP contribution in [0.15, 0.2) is 24.5 Å². The van der Waals surface area contributed by atoms with Gasteiger partial charge >= 0.3 is 0 Å². The Bertz CT molecular complexity index is 565. The lowest BCUT2D eigenvalue weighted by molar-refractivity contribution is 0.904. The van der Waals surface area contributed by atoms with Crippen molar-refractivity contribution >= 4 is 34.7 Å². The van der Waals surface area contributed by atoms with Crippen LogP contribution < -0.4 is 5.32 Å². The number of aryl methyl sites for hydroxylation is 1. The molecule has 19 heavy (non-hydrogen) atoms. The summed E-state index contributed by atoms with van der Waals surface area (Å²) < 4.78 is 0. The SMILES string of the molecule is CCCc1c(Cl)ncnc1Nc1c(C)cccc1Cl. The molecule has 0 saturated heterocycles. The van der Waals surface area contributed by atoms with Gasteiger partial charge in [-0.1, -0.05) is 48.7 Å². The average Bonchev–Trinajstić information content (AvgIpc) is 2.38. The number of nitrogens with zero attached hydrogens (tertiary/aromatic N) is 2. The van der Waals surface area contributed by atoms with Crippen molar-refractivity contribution in [2.45, 2.75) is 26.7 Å². The zero-order chi connectivity index (χ0) is 13.8. The Morgan fingerprint density at radius 3 is 2.68 bits per heavy atom. The standard InChI is InChI=1S/C14H15Cl2N3/c1-3-5-10-13(16)17-8-18-14(10)19-12-9(2)6-4-7-11(12)15/h4,6-8H,3,5H2,1-2H3,(H,17,18,19). The Morgan fingerprint density at radius 2 is 2.00 bits per heavy atom. The maximum Gasteiger partial charge on any atom is 0.138 e. The molecule has 0 saturated carbocycles. The van der Waals surface area contributed by atoms with E-state index in [9.17, 15) is 0 Å². The normalized spacial score (nSPS) is 10.5. The topological polar surface area (TPSA) is 37.8 Å². The van der Waals surface area contributed by atoms with Crippen molar-refractivity contribution in [2.75, 3.05) is 5.32 Å². The minimum Gasteiger partial charge on any atom is -0.338 e. The molecule has 100 valence electrons. The number of rotatable bonds is 4. The van der Waals surface area contributed by atoms with Crippen molar-refractivity contribution in [3.8, 4) is 0 Å². The monoisotopic (exact) mass is 295 g/mol. The van der Waals surface area contributed by atoms with Gasteiger partial charge in [-0.15, -0.1) is 0 Å². The van der Waals surface area contributed by atoms with E-state index in [1.54, 1.807) is 0 Å². The van der Waals surface area contributed by atoms with E-state index in [1.807, 2.05) is 25.1 Å². The van der Waals surface area contributed by atoms with Gasteiger partial charge in [-0.05, 0) is 25.0 Å². The quantitative estimate of drug-likeness (QED) is 0.824. The number of halogens is 2. The third-order valence-corrected chi connectivity index (χ3v) is 3.50. The number of benzene rings is 1. The van der Waals surface area contributed by atoms with Gasteiger partial charge in [0.05, 0.1) is 10.7 Å². The van der Waals surface area contributed by atoms with Crippen LogP contribution >= 0.6 is 23.2 Å². The molecule has 1 heterocycles. The predicted molar refractivity (Wildman–Crippen MR) is 80.5 cm³/mol. The van der Waals surface area contributed by atoms with Crippen LogP contribution in [-0.2, 0) is 6.42 Å². The molecule has 0 amide bonds. The van der Waals surface area contributed by atoms with Crippen LogP contribution in [0.1, 0.15) is 24.5 Å².